The van der Waals surface area contributed by atoms with Crippen molar-refractivity contribution in [3.05, 3.63) is 48.4 Å². The van der Waals surface area contributed by atoms with E-state index in [2.05, 4.69) is 5.32 Å². The molecular formula is C17H22N2O5S. The van der Waals surface area contributed by atoms with Crippen LogP contribution in [0.4, 0.5) is 5.69 Å². The minimum Gasteiger partial charge on any atom is -0.494 e. The number of carbonyl (C=O) groups excluding carboxylic acids is 1. The summed E-state index contributed by atoms with van der Waals surface area (Å²) in [6, 6.07) is 9.10. The molecule has 1 aromatic heterocycles. The van der Waals surface area contributed by atoms with Crippen molar-refractivity contribution in [2.75, 3.05) is 17.2 Å². The van der Waals surface area contributed by atoms with Crippen molar-refractivity contribution >= 4 is 21.6 Å². The molecule has 1 N–H and O–H groups in total. The normalized spacial score (nSPS) is 12.4. The maximum Gasteiger partial charge on any atom is 0.243 e. The van der Waals surface area contributed by atoms with Crippen molar-refractivity contribution in [3.8, 4) is 5.75 Å². The zero-order valence-electron chi connectivity index (χ0n) is 14.4. The summed E-state index contributed by atoms with van der Waals surface area (Å²) in [6.07, 6.45) is 2.58. The predicted molar refractivity (Wildman–Crippen MR) is 95.0 cm³/mol. The van der Waals surface area contributed by atoms with Crippen LogP contribution in [0.25, 0.3) is 0 Å². The summed E-state index contributed by atoms with van der Waals surface area (Å²) in [5.41, 5.74) is 0.395. The summed E-state index contributed by atoms with van der Waals surface area (Å²) >= 11 is 0. The van der Waals surface area contributed by atoms with Gasteiger partial charge in [0.25, 0.3) is 0 Å². The van der Waals surface area contributed by atoms with Crippen LogP contribution in [-0.2, 0) is 21.4 Å². The number of hydrogen-bond acceptors (Lipinski definition) is 5. The van der Waals surface area contributed by atoms with Crippen molar-refractivity contribution < 1.29 is 22.4 Å². The number of carbonyl (C=O) groups is 1. The number of furan rings is 1. The van der Waals surface area contributed by atoms with E-state index in [1.165, 1.54) is 13.2 Å². The largest absolute Gasteiger partial charge is 0.494 e. The molecule has 0 spiro atoms. The molecule has 0 saturated carbocycles. The van der Waals surface area contributed by atoms with Gasteiger partial charge in [0.2, 0.25) is 15.9 Å². The molecule has 0 aliphatic heterocycles. The molecular weight excluding hydrogens is 344 g/mol. The molecule has 0 aliphatic carbocycles. The van der Waals surface area contributed by atoms with E-state index >= 15 is 0 Å². The molecule has 2 rings (SSSR count). The lowest BCUT2D eigenvalue weighted by Crippen LogP contribution is -2.47. The molecule has 0 bridgehead atoms. The molecule has 136 valence electrons. The number of nitrogens with zero attached hydrogens (tertiary/aromatic N) is 1. The highest BCUT2D eigenvalue weighted by Gasteiger charge is 2.29. The Morgan fingerprint density at radius 3 is 2.48 bits per heavy atom. The summed E-state index contributed by atoms with van der Waals surface area (Å²) in [7, 11) is -3.65. The average Bonchev–Trinajstić information content (AvgIpc) is 3.07. The maximum atomic E-state index is 12.4. The van der Waals surface area contributed by atoms with Gasteiger partial charge in [0.1, 0.15) is 17.6 Å². The van der Waals surface area contributed by atoms with Gasteiger partial charge in [0.15, 0.2) is 0 Å². The molecule has 1 aromatic carbocycles. The number of amides is 1. The Morgan fingerprint density at radius 2 is 1.96 bits per heavy atom. The van der Waals surface area contributed by atoms with Crippen molar-refractivity contribution in [1.82, 2.24) is 5.32 Å². The van der Waals surface area contributed by atoms with Crippen LogP contribution in [0.3, 0.4) is 0 Å². The maximum absolute atomic E-state index is 12.4. The number of hydrogen-bond donors (Lipinski definition) is 1. The van der Waals surface area contributed by atoms with Gasteiger partial charge in [-0.15, -0.1) is 0 Å². The second-order valence-corrected chi connectivity index (χ2v) is 7.32. The minimum atomic E-state index is -3.65. The number of nitrogens with one attached hydrogen (secondary N) is 1. The van der Waals surface area contributed by atoms with E-state index in [0.29, 0.717) is 23.8 Å². The van der Waals surface area contributed by atoms with E-state index in [1.807, 2.05) is 6.92 Å². The van der Waals surface area contributed by atoms with Crippen LogP contribution in [0, 0.1) is 0 Å². The Bertz CT molecular complexity index is 785. The van der Waals surface area contributed by atoms with Gasteiger partial charge >= 0.3 is 0 Å². The molecule has 0 unspecified atom stereocenters. The standard InChI is InChI=1S/C17H22N2O5S/c1-4-23-15-9-7-14(8-10-15)19(25(3,21)22)13(2)17(20)18-12-16-6-5-11-24-16/h5-11,13H,4,12H2,1-3H3,(H,18,20)/t13-/m0/s1. The van der Waals surface area contributed by atoms with Gasteiger partial charge in [-0.1, -0.05) is 0 Å². The van der Waals surface area contributed by atoms with Crippen LogP contribution in [0.15, 0.2) is 47.1 Å². The molecule has 2 aromatic rings. The third kappa shape index (κ3) is 4.99. The van der Waals surface area contributed by atoms with Gasteiger partial charge in [0, 0.05) is 0 Å². The van der Waals surface area contributed by atoms with E-state index in [4.69, 9.17) is 9.15 Å². The molecule has 1 heterocycles. The molecule has 25 heavy (non-hydrogen) atoms. The predicted octanol–water partition coefficient (Wildman–Crippen LogP) is 2.15. The van der Waals surface area contributed by atoms with Gasteiger partial charge < -0.3 is 14.5 Å². The SMILES string of the molecule is CCOc1ccc(N([C@@H](C)C(=O)NCc2ccco2)S(C)(=O)=O)cc1. The number of rotatable bonds is 8. The highest BCUT2D eigenvalue weighted by Crippen LogP contribution is 2.24. The summed E-state index contributed by atoms with van der Waals surface area (Å²) in [6.45, 7) is 4.11. The van der Waals surface area contributed by atoms with E-state index in [1.54, 1.807) is 36.4 Å². The van der Waals surface area contributed by atoms with Gasteiger partial charge in [0.05, 0.1) is 31.4 Å². The Hall–Kier alpha value is -2.48. The first-order valence-corrected chi connectivity index (χ1v) is 9.70. The van der Waals surface area contributed by atoms with E-state index in [9.17, 15) is 13.2 Å². The number of ether oxygens (including phenoxy) is 1. The van der Waals surface area contributed by atoms with E-state index in [-0.39, 0.29) is 6.54 Å². The third-order valence-corrected chi connectivity index (χ3v) is 4.75. The van der Waals surface area contributed by atoms with Gasteiger partial charge in [-0.25, -0.2) is 8.42 Å². The highest BCUT2D eigenvalue weighted by molar-refractivity contribution is 7.92. The quantitative estimate of drug-likeness (QED) is 0.773. The van der Waals surface area contributed by atoms with E-state index in [0.717, 1.165) is 10.6 Å². The Labute approximate surface area is 147 Å². The molecule has 7 nitrogen and oxygen atoms in total. The first-order chi connectivity index (χ1) is 11.8. The Kier molecular flexibility index (Phi) is 6.08. The summed E-state index contributed by atoms with van der Waals surface area (Å²) < 4.78 is 36.0. The fraction of sp³-hybridized carbons (Fsp3) is 0.353. The summed E-state index contributed by atoms with van der Waals surface area (Å²) in [5.74, 6) is 0.804. The van der Waals surface area contributed by atoms with Crippen molar-refractivity contribution in [2.24, 2.45) is 0 Å². The lowest BCUT2D eigenvalue weighted by atomic mass is 10.2. The van der Waals surface area contributed by atoms with Crippen LogP contribution in [0.2, 0.25) is 0 Å². The molecule has 1 amide bonds. The van der Waals surface area contributed by atoms with Gasteiger partial charge in [-0.05, 0) is 50.2 Å². The third-order valence-electron chi connectivity index (χ3n) is 3.51. The molecule has 0 saturated heterocycles. The van der Waals surface area contributed by atoms with Crippen molar-refractivity contribution in [2.45, 2.75) is 26.4 Å². The number of sulfonamides is 1. The molecule has 0 fully saturated rings. The Balaban J connectivity index is 2.17. The molecule has 0 aliphatic rings. The minimum absolute atomic E-state index is 0.192. The van der Waals surface area contributed by atoms with Crippen molar-refractivity contribution in [3.63, 3.8) is 0 Å². The van der Waals surface area contributed by atoms with Crippen LogP contribution in [0.5, 0.6) is 5.75 Å². The average molecular weight is 366 g/mol. The second kappa shape index (κ2) is 8.06. The fourth-order valence-electron chi connectivity index (χ4n) is 2.40. The fourth-order valence-corrected chi connectivity index (χ4v) is 3.57. The zero-order valence-corrected chi connectivity index (χ0v) is 15.2. The molecule has 1 atom stereocenters. The Morgan fingerprint density at radius 1 is 1.28 bits per heavy atom. The first kappa shape index (κ1) is 18.9. The van der Waals surface area contributed by atoms with E-state index < -0.39 is 22.0 Å². The van der Waals surface area contributed by atoms with Crippen molar-refractivity contribution in [1.29, 1.82) is 0 Å². The van der Waals surface area contributed by atoms with Crippen LogP contribution in [-0.4, -0.2) is 33.2 Å². The van der Waals surface area contributed by atoms with Gasteiger partial charge in [-0.3, -0.25) is 9.10 Å². The van der Waals surface area contributed by atoms with Gasteiger partial charge in [-0.2, -0.15) is 0 Å². The number of benzene rings is 1. The highest BCUT2D eigenvalue weighted by atomic mass is 32.2. The van der Waals surface area contributed by atoms with Crippen LogP contribution < -0.4 is 14.4 Å². The lowest BCUT2D eigenvalue weighted by Gasteiger charge is -2.28. The molecule has 0 radical (unpaired) electrons. The lowest BCUT2D eigenvalue weighted by molar-refractivity contribution is -0.122. The topological polar surface area (TPSA) is 88.8 Å². The summed E-state index contributed by atoms with van der Waals surface area (Å²) in [5, 5.41) is 2.68. The smallest absolute Gasteiger partial charge is 0.243 e. The van der Waals surface area contributed by atoms with Crippen LogP contribution >= 0.6 is 0 Å². The second-order valence-electron chi connectivity index (χ2n) is 5.46. The van der Waals surface area contributed by atoms with Crippen LogP contribution in [0.1, 0.15) is 19.6 Å². The zero-order chi connectivity index (χ0) is 18.4. The summed E-state index contributed by atoms with van der Waals surface area (Å²) in [4.78, 5) is 12.4. The first-order valence-electron chi connectivity index (χ1n) is 7.85. The molecule has 8 heteroatoms. The number of anilines is 1. The monoisotopic (exact) mass is 366 g/mol.